The number of hydrogen-bond donors (Lipinski definition) is 8. The minimum atomic E-state index is -0.419. The second kappa shape index (κ2) is 22.9. The standard InChI is InChI=1S/C26H29ClN6O2.C20H16ClN5O2/c1-2-3-15-33(16-14-28)24(29)18-8-10-19(11-9-18)25(34)31-22-7-5-4-6-21(22)26(35)32-23-13-12-20(27)17-30-23;21-14-9-10-17(24-11-14)26-20(28)15-3-1-2-4-16(15)25-19(27)13-7-5-12(6-8-13)18(22)23/h4-13,17,29H,2-3,14-16,28H2,1H3,(H,31,34)(H,30,32,35);1-11H,(H3,22,23)(H,25,27)(H,24,26,28). The molecule has 4 aromatic carbocycles. The lowest BCUT2D eigenvalue weighted by Gasteiger charge is -2.24. The summed E-state index contributed by atoms with van der Waals surface area (Å²) in [6.45, 7) is 3.94. The van der Waals surface area contributed by atoms with Crippen molar-refractivity contribution in [1.29, 1.82) is 10.8 Å². The zero-order chi connectivity index (χ0) is 45.3. The van der Waals surface area contributed by atoms with E-state index in [1.165, 1.54) is 12.4 Å². The van der Waals surface area contributed by atoms with E-state index in [4.69, 9.17) is 45.5 Å². The number of aromatic nitrogens is 2. The monoisotopic (exact) mass is 885 g/mol. The number of nitrogens with zero attached hydrogens (tertiary/aromatic N) is 3. The Balaban J connectivity index is 0.000000243. The number of unbranched alkanes of at least 4 members (excludes halogenated alkanes) is 1. The van der Waals surface area contributed by atoms with Crippen molar-refractivity contribution in [3.8, 4) is 0 Å². The van der Waals surface area contributed by atoms with Crippen LogP contribution in [0.15, 0.2) is 134 Å². The van der Waals surface area contributed by atoms with Crippen LogP contribution in [0.1, 0.15) is 72.3 Å². The van der Waals surface area contributed by atoms with Crippen molar-refractivity contribution in [2.75, 3.05) is 40.9 Å². The maximum absolute atomic E-state index is 12.9. The first-order valence-electron chi connectivity index (χ1n) is 19.6. The number of nitrogens with one attached hydrogen (secondary N) is 6. The van der Waals surface area contributed by atoms with E-state index in [0.717, 1.165) is 19.4 Å². The first kappa shape index (κ1) is 46.6. The number of amidine groups is 2. The molecule has 322 valence electrons. The van der Waals surface area contributed by atoms with Gasteiger partial charge in [-0.2, -0.15) is 0 Å². The fourth-order valence-electron chi connectivity index (χ4n) is 5.84. The normalized spacial score (nSPS) is 10.3. The number of nitrogens with two attached hydrogens (primary N) is 2. The van der Waals surface area contributed by atoms with Gasteiger partial charge in [0.15, 0.2) is 0 Å². The molecule has 2 heterocycles. The van der Waals surface area contributed by atoms with Crippen molar-refractivity contribution in [2.45, 2.75) is 19.8 Å². The van der Waals surface area contributed by atoms with Gasteiger partial charge >= 0.3 is 0 Å². The van der Waals surface area contributed by atoms with E-state index in [1.54, 1.807) is 121 Å². The average molecular weight is 887 g/mol. The Morgan fingerprint density at radius 1 is 0.571 bits per heavy atom. The molecule has 0 bridgehead atoms. The van der Waals surface area contributed by atoms with Gasteiger partial charge < -0.3 is 37.6 Å². The number of nitrogen functional groups attached to an aromatic ring is 1. The second-order valence-electron chi connectivity index (χ2n) is 13.7. The van der Waals surface area contributed by atoms with Crippen LogP contribution in [0.25, 0.3) is 0 Å². The molecular weight excluding hydrogens is 841 g/mol. The van der Waals surface area contributed by atoms with Gasteiger partial charge in [0.05, 0.1) is 32.5 Å². The summed E-state index contributed by atoms with van der Waals surface area (Å²) in [4.78, 5) is 60.8. The second-order valence-corrected chi connectivity index (χ2v) is 14.6. The zero-order valence-electron chi connectivity index (χ0n) is 34.1. The smallest absolute Gasteiger partial charge is 0.258 e. The molecule has 0 saturated heterocycles. The molecule has 0 aliphatic rings. The molecule has 0 atom stereocenters. The molecule has 15 nitrogen and oxygen atoms in total. The number of halogens is 2. The maximum atomic E-state index is 12.9. The van der Waals surface area contributed by atoms with Gasteiger partial charge in [-0.25, -0.2) is 9.97 Å². The van der Waals surface area contributed by atoms with E-state index >= 15 is 0 Å². The molecule has 2 aromatic heterocycles. The molecular formula is C46H45Cl2N11O4. The number of pyridine rings is 2. The quantitative estimate of drug-likeness (QED) is 0.0366. The van der Waals surface area contributed by atoms with Gasteiger partial charge in [-0.05, 0) is 79.2 Å². The molecule has 0 aliphatic heterocycles. The highest BCUT2D eigenvalue weighted by atomic mass is 35.5. The van der Waals surface area contributed by atoms with Crippen molar-refractivity contribution in [3.05, 3.63) is 177 Å². The van der Waals surface area contributed by atoms with Crippen LogP contribution >= 0.6 is 23.2 Å². The molecule has 6 aromatic rings. The summed E-state index contributed by atoms with van der Waals surface area (Å²) in [7, 11) is 0. The van der Waals surface area contributed by atoms with Crippen molar-refractivity contribution < 1.29 is 19.2 Å². The van der Waals surface area contributed by atoms with Gasteiger partial charge in [-0.15, -0.1) is 0 Å². The van der Waals surface area contributed by atoms with Gasteiger partial charge in [0, 0.05) is 54.3 Å². The number of rotatable bonds is 15. The SMILES string of the molecule is CCCCN(CCN)C(=N)c1ccc(C(=O)Nc2ccccc2C(=O)Nc2ccc(Cl)cn2)cc1.N=C(N)c1ccc(C(=O)Nc2ccccc2C(=O)Nc2ccc(Cl)cn2)cc1. The summed E-state index contributed by atoms with van der Waals surface area (Å²) in [5.41, 5.74) is 14.4. The first-order chi connectivity index (χ1) is 30.4. The predicted molar refractivity (Wildman–Crippen MR) is 249 cm³/mol. The number of carbonyl (C=O) groups is 4. The molecule has 0 aliphatic carbocycles. The number of amides is 4. The number of benzene rings is 4. The minimum Gasteiger partial charge on any atom is -0.384 e. The predicted octanol–water partition coefficient (Wildman–Crippen LogP) is 8.15. The van der Waals surface area contributed by atoms with Gasteiger partial charge in [-0.3, -0.25) is 30.0 Å². The lowest BCUT2D eigenvalue weighted by molar-refractivity contribution is 0.101. The largest absolute Gasteiger partial charge is 0.384 e. The third kappa shape index (κ3) is 13.5. The first-order valence-corrected chi connectivity index (χ1v) is 20.4. The van der Waals surface area contributed by atoms with Crippen LogP contribution in [0.2, 0.25) is 10.0 Å². The Morgan fingerprint density at radius 3 is 1.40 bits per heavy atom. The van der Waals surface area contributed by atoms with E-state index in [9.17, 15) is 19.2 Å². The molecule has 17 heteroatoms. The van der Waals surface area contributed by atoms with Crippen LogP contribution in [0.5, 0.6) is 0 Å². The molecule has 0 saturated carbocycles. The Labute approximate surface area is 374 Å². The topological polar surface area (TPSA) is 245 Å². The molecule has 63 heavy (non-hydrogen) atoms. The van der Waals surface area contributed by atoms with Crippen molar-refractivity contribution in [2.24, 2.45) is 11.5 Å². The summed E-state index contributed by atoms with van der Waals surface area (Å²) >= 11 is 11.6. The lowest BCUT2D eigenvalue weighted by atomic mass is 10.1. The number of carbonyl (C=O) groups excluding carboxylic acids is 4. The van der Waals surface area contributed by atoms with E-state index in [0.29, 0.717) is 79.8 Å². The van der Waals surface area contributed by atoms with Crippen molar-refractivity contribution >= 4 is 81.5 Å². The third-order valence-corrected chi connectivity index (χ3v) is 9.60. The summed E-state index contributed by atoms with van der Waals surface area (Å²) < 4.78 is 0. The van der Waals surface area contributed by atoms with E-state index in [2.05, 4.69) is 38.2 Å². The molecule has 6 rings (SSSR count). The number of hydrogen-bond acceptors (Lipinski definition) is 9. The van der Waals surface area contributed by atoms with Gasteiger partial charge in [-0.1, -0.05) is 85.1 Å². The zero-order valence-corrected chi connectivity index (χ0v) is 35.6. The van der Waals surface area contributed by atoms with Crippen LogP contribution in [-0.2, 0) is 0 Å². The summed E-state index contributed by atoms with van der Waals surface area (Å²) in [6, 6.07) is 32.9. The fourth-order valence-corrected chi connectivity index (χ4v) is 6.06. The van der Waals surface area contributed by atoms with Crippen LogP contribution in [-0.4, -0.2) is 69.8 Å². The van der Waals surface area contributed by atoms with Crippen LogP contribution in [0, 0.1) is 10.8 Å². The van der Waals surface area contributed by atoms with Gasteiger partial charge in [0.2, 0.25) is 0 Å². The summed E-state index contributed by atoms with van der Waals surface area (Å²) in [5, 5.41) is 27.7. The van der Waals surface area contributed by atoms with Crippen molar-refractivity contribution in [1.82, 2.24) is 14.9 Å². The molecule has 0 spiro atoms. The highest BCUT2D eigenvalue weighted by molar-refractivity contribution is 6.30. The van der Waals surface area contributed by atoms with Crippen LogP contribution in [0.4, 0.5) is 23.0 Å². The molecule has 0 unspecified atom stereocenters. The molecule has 4 amide bonds. The van der Waals surface area contributed by atoms with Crippen molar-refractivity contribution in [3.63, 3.8) is 0 Å². The van der Waals surface area contributed by atoms with Gasteiger partial charge in [0.1, 0.15) is 23.3 Å². The Hall–Kier alpha value is -7.46. The fraction of sp³-hybridized carbons (Fsp3) is 0.130. The van der Waals surface area contributed by atoms with E-state index in [1.807, 2.05) is 4.90 Å². The molecule has 10 N–H and O–H groups in total. The summed E-state index contributed by atoms with van der Waals surface area (Å²) in [6.07, 6.45) is 4.87. The van der Waals surface area contributed by atoms with Crippen LogP contribution < -0.4 is 32.7 Å². The highest BCUT2D eigenvalue weighted by Crippen LogP contribution is 2.21. The Kier molecular flexibility index (Phi) is 17.0. The van der Waals surface area contributed by atoms with E-state index < -0.39 is 11.8 Å². The molecule has 0 radical (unpaired) electrons. The third-order valence-electron chi connectivity index (χ3n) is 9.15. The van der Waals surface area contributed by atoms with E-state index in [-0.39, 0.29) is 23.2 Å². The van der Waals surface area contributed by atoms with Gasteiger partial charge in [0.25, 0.3) is 23.6 Å². The number of anilines is 4. The maximum Gasteiger partial charge on any atom is 0.258 e. The number of para-hydroxylation sites is 2. The lowest BCUT2D eigenvalue weighted by Crippen LogP contribution is -2.36. The van der Waals surface area contributed by atoms with Crippen LogP contribution in [0.3, 0.4) is 0 Å². The summed E-state index contributed by atoms with van der Waals surface area (Å²) in [5.74, 6) is -0.586. The Bertz CT molecular complexity index is 2550. The minimum absolute atomic E-state index is 0.0789. The Morgan fingerprint density at radius 2 is 1.00 bits per heavy atom. The highest BCUT2D eigenvalue weighted by Gasteiger charge is 2.18. The average Bonchev–Trinajstić information content (AvgIpc) is 3.29. The molecule has 0 fully saturated rings.